The van der Waals surface area contributed by atoms with Crippen LogP contribution in [0.4, 0.5) is 20.6 Å². The summed E-state index contributed by atoms with van der Waals surface area (Å²) in [6.45, 7) is 1.21. The molecule has 1 saturated heterocycles. The summed E-state index contributed by atoms with van der Waals surface area (Å²) >= 11 is 6.01. The summed E-state index contributed by atoms with van der Waals surface area (Å²) in [7, 11) is 0. The average Bonchev–Trinajstić information content (AvgIpc) is 2.69. The van der Waals surface area contributed by atoms with Crippen molar-refractivity contribution in [1.29, 1.82) is 0 Å². The van der Waals surface area contributed by atoms with Crippen molar-refractivity contribution in [3.63, 3.8) is 0 Å². The van der Waals surface area contributed by atoms with E-state index in [-0.39, 0.29) is 28.2 Å². The van der Waals surface area contributed by atoms with Crippen molar-refractivity contribution in [1.82, 2.24) is 9.80 Å². The first-order valence-electron chi connectivity index (χ1n) is 8.40. The number of carbonyl (C=O) groups excluding carboxylic acids is 2. The van der Waals surface area contributed by atoms with E-state index in [1.807, 2.05) is 0 Å². The summed E-state index contributed by atoms with van der Waals surface area (Å²) in [6.07, 6.45) is 0. The van der Waals surface area contributed by atoms with Gasteiger partial charge < -0.3 is 15.1 Å². The van der Waals surface area contributed by atoms with Gasteiger partial charge in [-0.15, -0.1) is 0 Å². The zero-order chi connectivity index (χ0) is 20.3. The lowest BCUT2D eigenvalue weighted by Gasteiger charge is -2.34. The number of carbonyl (C=O) groups is 2. The Morgan fingerprint density at radius 2 is 1.64 bits per heavy atom. The van der Waals surface area contributed by atoms with E-state index in [1.165, 1.54) is 41.3 Å². The SMILES string of the molecule is O=C(Nc1ccc(F)cc1)N1CCN(C(=O)c2ccc([N+](=O)[O-])cc2Cl)CC1. The van der Waals surface area contributed by atoms with Crippen molar-refractivity contribution in [2.24, 2.45) is 0 Å². The van der Waals surface area contributed by atoms with Gasteiger partial charge >= 0.3 is 6.03 Å². The number of non-ortho nitro benzene ring substituents is 1. The Balaban J connectivity index is 1.58. The Labute approximate surface area is 164 Å². The van der Waals surface area contributed by atoms with Gasteiger partial charge in [0.1, 0.15) is 5.82 Å². The Bertz CT molecular complexity index is 914. The van der Waals surface area contributed by atoms with Gasteiger partial charge in [-0.05, 0) is 30.3 Å². The van der Waals surface area contributed by atoms with Crippen molar-refractivity contribution in [3.05, 3.63) is 69.0 Å². The molecule has 0 bridgehead atoms. The van der Waals surface area contributed by atoms with Gasteiger partial charge in [-0.3, -0.25) is 14.9 Å². The van der Waals surface area contributed by atoms with Crippen LogP contribution in [-0.2, 0) is 0 Å². The number of piperazine rings is 1. The normalized spacial score (nSPS) is 13.9. The summed E-state index contributed by atoms with van der Waals surface area (Å²) in [4.78, 5) is 38.2. The second-order valence-electron chi connectivity index (χ2n) is 6.14. The fourth-order valence-corrected chi connectivity index (χ4v) is 3.07. The van der Waals surface area contributed by atoms with Gasteiger partial charge in [-0.2, -0.15) is 0 Å². The number of hydrogen-bond acceptors (Lipinski definition) is 4. The second kappa shape index (κ2) is 8.22. The molecule has 1 heterocycles. The summed E-state index contributed by atoms with van der Waals surface area (Å²) in [5, 5.41) is 13.5. The molecule has 0 aromatic heterocycles. The average molecular weight is 407 g/mol. The Hall–Kier alpha value is -3.20. The lowest BCUT2D eigenvalue weighted by Crippen LogP contribution is -2.51. The first-order valence-corrected chi connectivity index (χ1v) is 8.77. The highest BCUT2D eigenvalue weighted by atomic mass is 35.5. The Kier molecular flexibility index (Phi) is 5.74. The standard InChI is InChI=1S/C18H16ClFN4O4/c19-16-11-14(24(27)28)5-6-15(16)17(25)22-7-9-23(10-8-22)18(26)21-13-3-1-12(20)2-4-13/h1-6,11H,7-10H2,(H,21,26). The predicted molar refractivity (Wildman–Crippen MR) is 101 cm³/mol. The number of amides is 3. The molecule has 146 valence electrons. The quantitative estimate of drug-likeness (QED) is 0.624. The molecule has 0 spiro atoms. The fourth-order valence-electron chi connectivity index (χ4n) is 2.81. The van der Waals surface area contributed by atoms with E-state index < -0.39 is 10.7 Å². The van der Waals surface area contributed by atoms with E-state index in [4.69, 9.17) is 11.6 Å². The molecule has 28 heavy (non-hydrogen) atoms. The highest BCUT2D eigenvalue weighted by molar-refractivity contribution is 6.34. The number of nitro groups is 1. The maximum Gasteiger partial charge on any atom is 0.321 e. The van der Waals surface area contributed by atoms with Crippen LogP contribution in [0.1, 0.15) is 10.4 Å². The van der Waals surface area contributed by atoms with Crippen LogP contribution in [-0.4, -0.2) is 52.8 Å². The summed E-state index contributed by atoms with van der Waals surface area (Å²) < 4.78 is 12.9. The highest BCUT2D eigenvalue weighted by Crippen LogP contribution is 2.24. The van der Waals surface area contributed by atoms with Crippen LogP contribution in [0.25, 0.3) is 0 Å². The molecule has 3 amide bonds. The monoisotopic (exact) mass is 406 g/mol. The molecule has 1 fully saturated rings. The van der Waals surface area contributed by atoms with Gasteiger partial charge in [0.15, 0.2) is 0 Å². The maximum absolute atomic E-state index is 12.9. The number of rotatable bonds is 3. The third kappa shape index (κ3) is 4.37. The van der Waals surface area contributed by atoms with E-state index in [9.17, 15) is 24.1 Å². The lowest BCUT2D eigenvalue weighted by molar-refractivity contribution is -0.384. The number of nitro benzene ring substituents is 1. The molecule has 10 heteroatoms. The molecule has 1 aliphatic heterocycles. The molecule has 1 aliphatic rings. The molecular formula is C18H16ClFN4O4. The first kappa shape index (κ1) is 19.6. The topological polar surface area (TPSA) is 95.8 Å². The van der Waals surface area contributed by atoms with E-state index in [0.29, 0.717) is 31.9 Å². The van der Waals surface area contributed by atoms with Gasteiger partial charge in [-0.25, -0.2) is 9.18 Å². The van der Waals surface area contributed by atoms with Crippen LogP contribution in [0.3, 0.4) is 0 Å². The van der Waals surface area contributed by atoms with Gasteiger partial charge in [0.05, 0.1) is 15.5 Å². The molecule has 0 unspecified atom stereocenters. The first-order chi connectivity index (χ1) is 13.3. The highest BCUT2D eigenvalue weighted by Gasteiger charge is 2.26. The molecule has 8 nitrogen and oxygen atoms in total. The molecular weight excluding hydrogens is 391 g/mol. The van der Waals surface area contributed by atoms with E-state index >= 15 is 0 Å². The molecule has 1 N–H and O–H groups in total. The molecule has 0 radical (unpaired) electrons. The predicted octanol–water partition coefficient (Wildman–Crippen LogP) is 3.38. The van der Waals surface area contributed by atoms with Crippen LogP contribution in [0, 0.1) is 15.9 Å². The number of hydrogen-bond donors (Lipinski definition) is 1. The van der Waals surface area contributed by atoms with Crippen molar-refractivity contribution < 1.29 is 18.9 Å². The number of nitrogens with one attached hydrogen (secondary N) is 1. The van der Waals surface area contributed by atoms with Gasteiger partial charge in [-0.1, -0.05) is 11.6 Å². The Morgan fingerprint density at radius 1 is 1.04 bits per heavy atom. The molecule has 2 aromatic rings. The summed E-state index contributed by atoms with van der Waals surface area (Å²) in [6, 6.07) is 8.78. The number of benzene rings is 2. The van der Waals surface area contributed by atoms with E-state index in [1.54, 1.807) is 4.90 Å². The van der Waals surface area contributed by atoms with Crippen molar-refractivity contribution in [3.8, 4) is 0 Å². The van der Waals surface area contributed by atoms with Crippen LogP contribution in [0.5, 0.6) is 0 Å². The van der Waals surface area contributed by atoms with Crippen molar-refractivity contribution >= 4 is 34.9 Å². The second-order valence-corrected chi connectivity index (χ2v) is 6.54. The van der Waals surface area contributed by atoms with Crippen LogP contribution >= 0.6 is 11.6 Å². The molecule has 0 aliphatic carbocycles. The number of urea groups is 1. The molecule has 0 saturated carbocycles. The Morgan fingerprint density at radius 3 is 2.21 bits per heavy atom. The number of halogens is 2. The minimum atomic E-state index is -0.585. The van der Waals surface area contributed by atoms with Crippen molar-refractivity contribution in [2.75, 3.05) is 31.5 Å². The summed E-state index contributed by atoms with van der Waals surface area (Å²) in [5.74, 6) is -0.742. The zero-order valence-electron chi connectivity index (χ0n) is 14.6. The third-order valence-corrected chi connectivity index (χ3v) is 4.66. The van der Waals surface area contributed by atoms with Crippen LogP contribution < -0.4 is 5.32 Å². The summed E-state index contributed by atoms with van der Waals surface area (Å²) in [5.41, 5.74) is 0.461. The maximum atomic E-state index is 12.9. The third-order valence-electron chi connectivity index (χ3n) is 4.34. The molecule has 2 aromatic carbocycles. The fraction of sp³-hybridized carbons (Fsp3) is 0.222. The van der Waals surface area contributed by atoms with E-state index in [0.717, 1.165) is 6.07 Å². The largest absolute Gasteiger partial charge is 0.335 e. The number of nitrogens with zero attached hydrogens (tertiary/aromatic N) is 3. The number of anilines is 1. The minimum Gasteiger partial charge on any atom is -0.335 e. The van der Waals surface area contributed by atoms with Crippen LogP contribution in [0.15, 0.2) is 42.5 Å². The zero-order valence-corrected chi connectivity index (χ0v) is 15.4. The molecule has 0 atom stereocenters. The smallest absolute Gasteiger partial charge is 0.321 e. The van der Waals surface area contributed by atoms with Crippen LogP contribution in [0.2, 0.25) is 5.02 Å². The molecule has 3 rings (SSSR count). The van der Waals surface area contributed by atoms with Gasteiger partial charge in [0.25, 0.3) is 11.6 Å². The minimum absolute atomic E-state index is 0.00989. The van der Waals surface area contributed by atoms with E-state index in [2.05, 4.69) is 5.32 Å². The van der Waals surface area contributed by atoms with Gasteiger partial charge in [0, 0.05) is 44.0 Å². The van der Waals surface area contributed by atoms with Crippen molar-refractivity contribution in [2.45, 2.75) is 0 Å². The lowest BCUT2D eigenvalue weighted by atomic mass is 10.1. The van der Waals surface area contributed by atoms with Gasteiger partial charge in [0.2, 0.25) is 0 Å².